The molecule has 1 N–H and O–H groups in total. The molecule has 0 amide bonds. The molecule has 15 heavy (non-hydrogen) atoms. The van der Waals surface area contributed by atoms with Crippen LogP contribution in [0, 0.1) is 6.92 Å². The fourth-order valence-electron chi connectivity index (χ4n) is 1.39. The molecule has 0 aliphatic rings. The van der Waals surface area contributed by atoms with Crippen LogP contribution in [0.1, 0.15) is 20.8 Å². The highest BCUT2D eigenvalue weighted by Gasteiger charge is 2.17. The molecule has 0 aromatic carbocycles. The van der Waals surface area contributed by atoms with E-state index in [9.17, 15) is 0 Å². The third kappa shape index (κ3) is 2.30. The molecular formula is C10H11BrN2S2. The topological polar surface area (TPSA) is 24.9 Å². The van der Waals surface area contributed by atoms with Gasteiger partial charge in [-0.2, -0.15) is 0 Å². The van der Waals surface area contributed by atoms with Gasteiger partial charge in [0.1, 0.15) is 5.01 Å². The number of halogens is 1. The molecule has 2 aromatic rings. The van der Waals surface area contributed by atoms with Crippen molar-refractivity contribution in [1.29, 1.82) is 0 Å². The highest BCUT2D eigenvalue weighted by atomic mass is 79.9. The summed E-state index contributed by atoms with van der Waals surface area (Å²) in [6.07, 6.45) is 1.85. The van der Waals surface area contributed by atoms with E-state index in [4.69, 9.17) is 0 Å². The molecule has 0 saturated carbocycles. The molecule has 0 aliphatic carbocycles. The average Bonchev–Trinajstić information content (AvgIpc) is 2.80. The third-order valence-electron chi connectivity index (χ3n) is 2.15. The molecule has 0 spiro atoms. The minimum absolute atomic E-state index is 0.222. The summed E-state index contributed by atoms with van der Waals surface area (Å²) < 4.78 is 1.18. The van der Waals surface area contributed by atoms with Crippen molar-refractivity contribution in [2.24, 2.45) is 0 Å². The Labute approximate surface area is 106 Å². The fraction of sp³-hybridized carbons (Fsp3) is 0.300. The van der Waals surface area contributed by atoms with E-state index < -0.39 is 0 Å². The van der Waals surface area contributed by atoms with Crippen molar-refractivity contribution in [3.05, 3.63) is 36.9 Å². The molecule has 2 heterocycles. The Morgan fingerprint density at radius 1 is 1.53 bits per heavy atom. The maximum absolute atomic E-state index is 4.35. The number of aromatic nitrogens is 1. The van der Waals surface area contributed by atoms with E-state index in [2.05, 4.69) is 39.2 Å². The number of nitrogens with one attached hydrogen (secondary N) is 1. The third-order valence-corrected chi connectivity index (χ3v) is 5.19. The van der Waals surface area contributed by atoms with Crippen molar-refractivity contribution >= 4 is 38.6 Å². The van der Waals surface area contributed by atoms with Gasteiger partial charge >= 0.3 is 0 Å². The van der Waals surface area contributed by atoms with Crippen molar-refractivity contribution in [1.82, 2.24) is 10.3 Å². The molecule has 0 aliphatic heterocycles. The Balaban J connectivity index is 2.35. The van der Waals surface area contributed by atoms with E-state index in [1.54, 1.807) is 22.7 Å². The highest BCUT2D eigenvalue weighted by Crippen LogP contribution is 2.33. The molecule has 2 rings (SSSR count). The zero-order valence-electron chi connectivity index (χ0n) is 8.45. The number of aryl methyl sites for hydroxylation is 1. The lowest BCUT2D eigenvalue weighted by atomic mass is 10.2. The number of thiophene rings is 1. The van der Waals surface area contributed by atoms with Crippen molar-refractivity contribution in [2.75, 3.05) is 7.05 Å². The number of rotatable bonds is 3. The van der Waals surface area contributed by atoms with E-state index in [1.165, 1.54) is 14.2 Å². The van der Waals surface area contributed by atoms with Crippen LogP contribution >= 0.6 is 38.6 Å². The molecule has 1 atom stereocenters. The van der Waals surface area contributed by atoms with E-state index in [1.807, 2.05) is 18.6 Å². The quantitative estimate of drug-likeness (QED) is 0.937. The van der Waals surface area contributed by atoms with Crippen LogP contribution in [0.2, 0.25) is 0 Å². The number of thiazole rings is 1. The molecule has 0 saturated heterocycles. The first kappa shape index (κ1) is 11.3. The van der Waals surface area contributed by atoms with Crippen LogP contribution in [-0.2, 0) is 0 Å². The number of nitrogens with zero attached hydrogens (tertiary/aromatic N) is 1. The summed E-state index contributed by atoms with van der Waals surface area (Å²) in [7, 11) is 1.97. The van der Waals surface area contributed by atoms with Gasteiger partial charge in [0.15, 0.2) is 0 Å². The molecule has 0 radical (unpaired) electrons. The minimum atomic E-state index is 0.222. The van der Waals surface area contributed by atoms with Gasteiger partial charge in [0.2, 0.25) is 0 Å². The van der Waals surface area contributed by atoms with Crippen molar-refractivity contribution < 1.29 is 0 Å². The maximum atomic E-state index is 4.35. The molecule has 2 aromatic heterocycles. The van der Waals surface area contributed by atoms with Crippen LogP contribution in [0.3, 0.4) is 0 Å². The second-order valence-corrected chi connectivity index (χ2v) is 6.21. The Morgan fingerprint density at radius 2 is 2.33 bits per heavy atom. The lowest BCUT2D eigenvalue weighted by Crippen LogP contribution is -2.15. The normalized spacial score (nSPS) is 13.0. The minimum Gasteiger partial charge on any atom is -0.307 e. The first-order valence-electron chi connectivity index (χ1n) is 4.55. The predicted molar refractivity (Wildman–Crippen MR) is 69.8 cm³/mol. The van der Waals surface area contributed by atoms with Gasteiger partial charge in [-0.15, -0.1) is 22.7 Å². The van der Waals surface area contributed by atoms with E-state index in [0.29, 0.717) is 0 Å². The Kier molecular flexibility index (Phi) is 3.56. The van der Waals surface area contributed by atoms with Crippen LogP contribution in [0.25, 0.3) is 0 Å². The summed E-state index contributed by atoms with van der Waals surface area (Å²) in [6, 6.07) is 2.39. The number of hydrogen-bond donors (Lipinski definition) is 1. The monoisotopic (exact) mass is 302 g/mol. The molecule has 0 bridgehead atoms. The lowest BCUT2D eigenvalue weighted by Gasteiger charge is -2.10. The van der Waals surface area contributed by atoms with Gasteiger partial charge in [0.05, 0.1) is 6.04 Å². The van der Waals surface area contributed by atoms with Gasteiger partial charge in [0.25, 0.3) is 0 Å². The van der Waals surface area contributed by atoms with E-state index in [-0.39, 0.29) is 6.04 Å². The van der Waals surface area contributed by atoms with Crippen LogP contribution in [0.4, 0.5) is 0 Å². The summed E-state index contributed by atoms with van der Waals surface area (Å²) in [5, 5.41) is 6.42. The summed E-state index contributed by atoms with van der Waals surface area (Å²) in [6.45, 7) is 2.12. The lowest BCUT2D eigenvalue weighted by molar-refractivity contribution is 0.698. The summed E-state index contributed by atoms with van der Waals surface area (Å²) in [5.41, 5.74) is 0. The molecular weight excluding hydrogens is 292 g/mol. The molecule has 2 nitrogen and oxygen atoms in total. The average molecular weight is 303 g/mol. The van der Waals surface area contributed by atoms with E-state index >= 15 is 0 Å². The van der Waals surface area contributed by atoms with Gasteiger partial charge in [-0.1, -0.05) is 0 Å². The second kappa shape index (κ2) is 4.74. The summed E-state index contributed by atoms with van der Waals surface area (Å²) >= 11 is 7.03. The van der Waals surface area contributed by atoms with Gasteiger partial charge in [-0.3, -0.25) is 0 Å². The molecule has 80 valence electrons. The van der Waals surface area contributed by atoms with Gasteiger partial charge < -0.3 is 5.32 Å². The fourth-order valence-corrected chi connectivity index (χ4v) is 3.90. The Bertz CT molecular complexity index is 417. The van der Waals surface area contributed by atoms with Crippen molar-refractivity contribution in [3.63, 3.8) is 0 Å². The van der Waals surface area contributed by atoms with Gasteiger partial charge in [0, 0.05) is 25.8 Å². The standard InChI is InChI=1S/C10H11BrN2S2/c1-6-7(11)5-8(15-6)9(12-2)10-13-3-4-14-10/h3-5,9,12H,1-2H3. The van der Waals surface area contributed by atoms with Crippen LogP contribution in [0.5, 0.6) is 0 Å². The maximum Gasteiger partial charge on any atom is 0.115 e. The predicted octanol–water partition coefficient (Wildman–Crippen LogP) is 3.58. The molecule has 5 heteroatoms. The zero-order valence-corrected chi connectivity index (χ0v) is 11.7. The Morgan fingerprint density at radius 3 is 2.80 bits per heavy atom. The van der Waals surface area contributed by atoms with Crippen LogP contribution < -0.4 is 5.32 Å². The SMILES string of the molecule is CNC(c1cc(Br)c(C)s1)c1nccs1. The second-order valence-electron chi connectivity index (χ2n) is 3.14. The first-order valence-corrected chi connectivity index (χ1v) is 7.03. The molecule has 0 fully saturated rings. The zero-order chi connectivity index (χ0) is 10.8. The van der Waals surface area contributed by atoms with Crippen molar-refractivity contribution in [2.45, 2.75) is 13.0 Å². The summed E-state index contributed by atoms with van der Waals surface area (Å²) in [5.74, 6) is 0. The Hall–Kier alpha value is -0.230. The van der Waals surface area contributed by atoms with Gasteiger partial charge in [-0.05, 0) is 36.0 Å². The first-order chi connectivity index (χ1) is 7.22. The highest BCUT2D eigenvalue weighted by molar-refractivity contribution is 9.10. The van der Waals surface area contributed by atoms with E-state index in [0.717, 1.165) is 5.01 Å². The van der Waals surface area contributed by atoms with Gasteiger partial charge in [-0.25, -0.2) is 4.98 Å². The van der Waals surface area contributed by atoms with Crippen LogP contribution in [0.15, 0.2) is 22.1 Å². The smallest absolute Gasteiger partial charge is 0.115 e. The van der Waals surface area contributed by atoms with Crippen molar-refractivity contribution in [3.8, 4) is 0 Å². The number of hydrogen-bond acceptors (Lipinski definition) is 4. The van der Waals surface area contributed by atoms with Crippen LogP contribution in [-0.4, -0.2) is 12.0 Å². The molecule has 1 unspecified atom stereocenters. The summed E-state index contributed by atoms with van der Waals surface area (Å²) in [4.78, 5) is 6.96. The largest absolute Gasteiger partial charge is 0.307 e.